The molecule has 0 aliphatic heterocycles. The van der Waals surface area contributed by atoms with Crippen molar-refractivity contribution in [3.63, 3.8) is 0 Å². The van der Waals surface area contributed by atoms with Gasteiger partial charge < -0.3 is 15.0 Å². The molecule has 4 rings (SSSR count). The molecule has 2 heterocycles. The second-order valence-electron chi connectivity index (χ2n) is 9.41. The minimum absolute atomic E-state index is 0.125. The van der Waals surface area contributed by atoms with Crippen LogP contribution in [0.25, 0.3) is 11.1 Å². The van der Waals surface area contributed by atoms with Gasteiger partial charge in [0.1, 0.15) is 12.4 Å². The quantitative estimate of drug-likeness (QED) is 0.272. The second-order valence-corrected chi connectivity index (χ2v) is 10.1. The van der Waals surface area contributed by atoms with E-state index in [2.05, 4.69) is 50.5 Å². The van der Waals surface area contributed by atoms with Crippen molar-refractivity contribution in [2.75, 3.05) is 27.2 Å². The first-order chi connectivity index (χ1) is 18.0. The zero-order chi connectivity index (χ0) is 26.0. The standard InChI is InChI=1S/C30H34N4O2S/c1-22-15-25(11-12-31-22)24-9-10-30(36-14-13-34(2)3)26(17-24)18-29(35)28(16-23-7-5-4-6-8-23)32-19-27-20-37-21-33-27/h4-12,15,17,20-21,28,32H,13-14,16,18-19H2,1-3H3/t28-/m0/s1. The van der Waals surface area contributed by atoms with E-state index in [1.54, 1.807) is 11.3 Å². The topological polar surface area (TPSA) is 67.3 Å². The van der Waals surface area contributed by atoms with Gasteiger partial charge in [0, 0.05) is 42.3 Å². The number of aryl methyl sites for hydroxylation is 1. The highest BCUT2D eigenvalue weighted by atomic mass is 32.1. The van der Waals surface area contributed by atoms with E-state index >= 15 is 0 Å². The summed E-state index contributed by atoms with van der Waals surface area (Å²) in [6.07, 6.45) is 2.70. The van der Waals surface area contributed by atoms with Gasteiger partial charge in [-0.2, -0.15) is 0 Å². The SMILES string of the molecule is Cc1cc(-c2ccc(OCCN(C)C)c(CC(=O)[C@H](Cc3ccccc3)NCc3cscn3)c2)ccn1. The van der Waals surface area contributed by atoms with E-state index < -0.39 is 0 Å². The molecular weight excluding hydrogens is 480 g/mol. The van der Waals surface area contributed by atoms with Gasteiger partial charge in [0.25, 0.3) is 0 Å². The molecule has 7 heteroatoms. The molecule has 37 heavy (non-hydrogen) atoms. The van der Waals surface area contributed by atoms with Gasteiger partial charge >= 0.3 is 0 Å². The summed E-state index contributed by atoms with van der Waals surface area (Å²) in [5, 5.41) is 5.47. The van der Waals surface area contributed by atoms with E-state index in [9.17, 15) is 4.79 Å². The Morgan fingerprint density at radius 3 is 2.59 bits per heavy atom. The summed E-state index contributed by atoms with van der Waals surface area (Å²) >= 11 is 1.56. The smallest absolute Gasteiger partial charge is 0.154 e. The first kappa shape index (κ1) is 26.7. The van der Waals surface area contributed by atoms with Crippen LogP contribution in [-0.4, -0.2) is 53.9 Å². The van der Waals surface area contributed by atoms with E-state index in [1.165, 1.54) is 0 Å². The van der Waals surface area contributed by atoms with Crippen LogP contribution in [0.15, 0.2) is 77.8 Å². The fourth-order valence-electron chi connectivity index (χ4n) is 4.11. The molecule has 0 spiro atoms. The minimum atomic E-state index is -0.342. The maximum Gasteiger partial charge on any atom is 0.154 e. The number of ketones is 1. The van der Waals surface area contributed by atoms with Gasteiger partial charge in [0.2, 0.25) is 0 Å². The Balaban J connectivity index is 1.59. The third-order valence-corrected chi connectivity index (χ3v) is 6.77. The first-order valence-corrected chi connectivity index (χ1v) is 13.4. The average molecular weight is 515 g/mol. The Morgan fingerprint density at radius 1 is 1.05 bits per heavy atom. The molecule has 2 aromatic heterocycles. The minimum Gasteiger partial charge on any atom is -0.492 e. The lowest BCUT2D eigenvalue weighted by Crippen LogP contribution is -2.39. The van der Waals surface area contributed by atoms with Gasteiger partial charge in [-0.15, -0.1) is 11.3 Å². The van der Waals surface area contributed by atoms with Gasteiger partial charge in [-0.3, -0.25) is 9.78 Å². The van der Waals surface area contributed by atoms with Gasteiger partial charge in [0.15, 0.2) is 5.78 Å². The molecule has 6 nitrogen and oxygen atoms in total. The predicted octanol–water partition coefficient (Wildman–Crippen LogP) is 4.97. The van der Waals surface area contributed by atoms with Gasteiger partial charge in [-0.05, 0) is 68.4 Å². The van der Waals surface area contributed by atoms with Crippen molar-refractivity contribution in [2.45, 2.75) is 32.4 Å². The molecule has 2 aromatic carbocycles. The molecule has 0 amide bonds. The van der Waals surface area contributed by atoms with Gasteiger partial charge in [-0.1, -0.05) is 36.4 Å². The van der Waals surface area contributed by atoms with Crippen molar-refractivity contribution in [1.82, 2.24) is 20.2 Å². The zero-order valence-electron chi connectivity index (χ0n) is 21.7. The Kier molecular flexibility index (Phi) is 9.54. The molecule has 0 aliphatic rings. The number of nitrogens with zero attached hydrogens (tertiary/aromatic N) is 3. The first-order valence-electron chi connectivity index (χ1n) is 12.5. The van der Waals surface area contributed by atoms with E-state index in [0.29, 0.717) is 19.6 Å². The number of rotatable bonds is 13. The van der Waals surface area contributed by atoms with Crippen molar-refractivity contribution in [3.05, 3.63) is 100 Å². The Labute approximate surface area is 223 Å². The molecular formula is C30H34N4O2S. The van der Waals surface area contributed by atoms with E-state index in [0.717, 1.165) is 45.9 Å². The normalized spacial score (nSPS) is 12.0. The number of carbonyl (C=O) groups is 1. The summed E-state index contributed by atoms with van der Waals surface area (Å²) in [5.74, 6) is 0.877. The Morgan fingerprint density at radius 2 is 1.86 bits per heavy atom. The van der Waals surface area contributed by atoms with E-state index in [-0.39, 0.29) is 18.2 Å². The summed E-state index contributed by atoms with van der Waals surface area (Å²) in [6.45, 7) is 3.88. The third kappa shape index (κ3) is 8.05. The average Bonchev–Trinajstić information content (AvgIpc) is 3.41. The molecule has 1 N–H and O–H groups in total. The summed E-state index contributed by atoms with van der Waals surface area (Å²) < 4.78 is 6.15. The van der Waals surface area contributed by atoms with Crippen LogP contribution in [-0.2, 0) is 24.2 Å². The number of aromatic nitrogens is 2. The Bertz CT molecular complexity index is 1280. The summed E-state index contributed by atoms with van der Waals surface area (Å²) in [5.41, 5.74) is 7.84. The number of pyridine rings is 1. The number of Topliss-reactive ketones (excluding diaryl/α,β-unsaturated/α-hetero) is 1. The van der Waals surface area contributed by atoms with Crippen LogP contribution in [0.1, 0.15) is 22.5 Å². The van der Waals surface area contributed by atoms with Crippen LogP contribution in [0.5, 0.6) is 5.75 Å². The number of likely N-dealkylation sites (N-methyl/N-ethyl adjacent to an activating group) is 1. The highest BCUT2D eigenvalue weighted by Gasteiger charge is 2.21. The Hall–Kier alpha value is -3.39. The van der Waals surface area contributed by atoms with Gasteiger partial charge in [0.05, 0.1) is 17.2 Å². The predicted molar refractivity (Wildman–Crippen MR) is 150 cm³/mol. The van der Waals surface area contributed by atoms with Gasteiger partial charge in [-0.25, -0.2) is 4.98 Å². The summed E-state index contributed by atoms with van der Waals surface area (Å²) in [7, 11) is 4.04. The number of benzene rings is 2. The van der Waals surface area contributed by atoms with Crippen molar-refractivity contribution in [2.24, 2.45) is 0 Å². The monoisotopic (exact) mass is 514 g/mol. The molecule has 0 saturated carbocycles. The summed E-state index contributed by atoms with van der Waals surface area (Å²) in [6, 6.07) is 20.0. The lowest BCUT2D eigenvalue weighted by atomic mass is 9.95. The molecule has 0 radical (unpaired) electrons. The molecule has 4 aromatic rings. The van der Waals surface area contributed by atoms with Crippen molar-refractivity contribution in [1.29, 1.82) is 0 Å². The molecule has 0 unspecified atom stereocenters. The van der Waals surface area contributed by atoms with E-state index in [1.807, 2.05) is 68.4 Å². The lowest BCUT2D eigenvalue weighted by Gasteiger charge is -2.20. The molecule has 192 valence electrons. The van der Waals surface area contributed by atoms with Crippen molar-refractivity contribution in [3.8, 4) is 16.9 Å². The largest absolute Gasteiger partial charge is 0.492 e. The highest BCUT2D eigenvalue weighted by molar-refractivity contribution is 7.07. The molecule has 1 atom stereocenters. The van der Waals surface area contributed by atoms with Crippen LogP contribution < -0.4 is 10.1 Å². The summed E-state index contributed by atoms with van der Waals surface area (Å²) in [4.78, 5) is 24.5. The molecule has 0 fully saturated rings. The number of nitrogens with one attached hydrogen (secondary N) is 1. The van der Waals surface area contributed by atoms with Crippen LogP contribution in [0.3, 0.4) is 0 Å². The van der Waals surface area contributed by atoms with E-state index in [4.69, 9.17) is 4.74 Å². The zero-order valence-corrected chi connectivity index (χ0v) is 22.5. The maximum atomic E-state index is 13.8. The molecule has 0 aliphatic carbocycles. The fraction of sp³-hybridized carbons (Fsp3) is 0.300. The number of carbonyl (C=O) groups excluding carboxylic acids is 1. The van der Waals surface area contributed by atoms with Crippen LogP contribution in [0.4, 0.5) is 0 Å². The van der Waals surface area contributed by atoms with Crippen LogP contribution >= 0.6 is 11.3 Å². The maximum absolute atomic E-state index is 13.8. The molecule has 0 bridgehead atoms. The highest BCUT2D eigenvalue weighted by Crippen LogP contribution is 2.28. The number of ether oxygens (including phenoxy) is 1. The number of hydrogen-bond acceptors (Lipinski definition) is 7. The fourth-order valence-corrected chi connectivity index (χ4v) is 4.67. The van der Waals surface area contributed by atoms with Crippen molar-refractivity contribution < 1.29 is 9.53 Å². The lowest BCUT2D eigenvalue weighted by molar-refractivity contribution is -0.120. The van der Waals surface area contributed by atoms with Crippen molar-refractivity contribution >= 4 is 17.1 Å². The number of thiazole rings is 1. The van der Waals surface area contributed by atoms with Crippen LogP contribution in [0, 0.1) is 6.92 Å². The van der Waals surface area contributed by atoms with Crippen LogP contribution in [0.2, 0.25) is 0 Å². The second kappa shape index (κ2) is 13.2. The molecule has 0 saturated heterocycles. The third-order valence-electron chi connectivity index (χ3n) is 6.14. The number of hydrogen-bond donors (Lipinski definition) is 1.